The maximum Gasteiger partial charge on any atom is 0.272 e. The zero-order valence-electron chi connectivity index (χ0n) is 17.5. The van der Waals surface area contributed by atoms with E-state index in [1.807, 2.05) is 42.5 Å². The molecule has 5 rings (SSSR count). The highest BCUT2D eigenvalue weighted by Gasteiger charge is 2.37. The molecular weight excluding hydrogens is 404 g/mol. The lowest BCUT2D eigenvalue weighted by Crippen LogP contribution is -2.47. The van der Waals surface area contributed by atoms with Crippen molar-refractivity contribution < 1.29 is 14.3 Å². The third-order valence-electron chi connectivity index (χ3n) is 5.81. The van der Waals surface area contributed by atoms with Crippen LogP contribution < -0.4 is 20.7 Å². The number of hydrogen-bond donors (Lipinski definition) is 2. The monoisotopic (exact) mass is 426 g/mol. The molecular formula is C25H22N4O3. The largest absolute Gasteiger partial charge is 0.497 e. The summed E-state index contributed by atoms with van der Waals surface area (Å²) in [6.45, 7) is 0.520. The van der Waals surface area contributed by atoms with Crippen LogP contribution in [0.25, 0.3) is 0 Å². The van der Waals surface area contributed by atoms with E-state index in [-0.39, 0.29) is 5.91 Å². The summed E-state index contributed by atoms with van der Waals surface area (Å²) in [7, 11) is 1.62. The van der Waals surface area contributed by atoms with E-state index in [1.54, 1.807) is 36.3 Å². The lowest BCUT2D eigenvalue weighted by molar-refractivity contribution is -0.120. The summed E-state index contributed by atoms with van der Waals surface area (Å²) in [5.74, 6) is -0.0132. The smallest absolute Gasteiger partial charge is 0.272 e. The number of hydrogen-bond acceptors (Lipinski definition) is 5. The van der Waals surface area contributed by atoms with Crippen molar-refractivity contribution >= 4 is 28.9 Å². The second kappa shape index (κ2) is 7.85. The highest BCUT2D eigenvalue weighted by molar-refractivity contribution is 6.21. The van der Waals surface area contributed by atoms with Crippen LogP contribution in [0.1, 0.15) is 27.0 Å². The van der Waals surface area contributed by atoms with Crippen LogP contribution in [0, 0.1) is 0 Å². The molecule has 3 N–H and O–H groups in total. The Morgan fingerprint density at radius 2 is 1.88 bits per heavy atom. The number of carbonyl (C=O) groups excluding carboxylic acids is 2. The Labute approximate surface area is 185 Å². The first-order valence-corrected chi connectivity index (χ1v) is 10.4. The normalized spacial score (nSPS) is 16.8. The van der Waals surface area contributed by atoms with Gasteiger partial charge in [0.15, 0.2) is 0 Å². The minimum Gasteiger partial charge on any atom is -0.497 e. The number of rotatable bonds is 4. The molecule has 1 atom stereocenters. The van der Waals surface area contributed by atoms with Gasteiger partial charge in [-0.15, -0.1) is 0 Å². The van der Waals surface area contributed by atoms with Crippen molar-refractivity contribution in [2.75, 3.05) is 24.3 Å². The van der Waals surface area contributed by atoms with Crippen molar-refractivity contribution in [1.29, 1.82) is 0 Å². The van der Waals surface area contributed by atoms with Crippen molar-refractivity contribution in [3.05, 3.63) is 89.0 Å². The molecule has 0 aliphatic carbocycles. The number of anilines is 2. The van der Waals surface area contributed by atoms with Crippen molar-refractivity contribution in [1.82, 2.24) is 5.32 Å². The lowest BCUT2D eigenvalue weighted by Gasteiger charge is -2.21. The minimum atomic E-state index is -1.08. The second-order valence-corrected chi connectivity index (χ2v) is 7.73. The van der Waals surface area contributed by atoms with Crippen LogP contribution in [0.3, 0.4) is 0 Å². The molecule has 0 saturated carbocycles. The summed E-state index contributed by atoms with van der Waals surface area (Å²) in [6.07, 6.45) is -0.374. The number of nitrogens with two attached hydrogens (primary N) is 1. The van der Waals surface area contributed by atoms with E-state index in [2.05, 4.69) is 5.32 Å². The van der Waals surface area contributed by atoms with Crippen LogP contribution in [-0.4, -0.2) is 37.3 Å². The number of carbonyl (C=O) groups is 2. The molecule has 0 unspecified atom stereocenters. The standard InChI is InChI=1S/C25H22N4O3/c1-32-17-13-16-11-12-29-22(16)19(14-17)21(15-7-3-2-4-8-15)27-23(25(29)31)28-24(30)18-9-5-6-10-20(18)26/h2-10,13-14,23H,11-12,26H2,1H3,(H,28,30)/t23-/m0/s1. The summed E-state index contributed by atoms with van der Waals surface area (Å²) in [5, 5.41) is 2.79. The molecule has 2 aliphatic heterocycles. The Bertz CT molecular complexity index is 1250. The minimum absolute atomic E-state index is 0.274. The molecule has 3 aromatic carbocycles. The predicted octanol–water partition coefficient (Wildman–Crippen LogP) is 2.77. The van der Waals surface area contributed by atoms with Gasteiger partial charge in [-0.1, -0.05) is 42.5 Å². The van der Waals surface area contributed by atoms with Gasteiger partial charge in [-0.05, 0) is 36.2 Å². The average molecular weight is 426 g/mol. The Kier molecular flexibility index (Phi) is 4.86. The van der Waals surface area contributed by atoms with Gasteiger partial charge in [0.05, 0.1) is 24.1 Å². The van der Waals surface area contributed by atoms with E-state index < -0.39 is 12.1 Å². The van der Waals surface area contributed by atoms with Gasteiger partial charge < -0.3 is 20.7 Å². The first kappa shape index (κ1) is 19.8. The van der Waals surface area contributed by atoms with Crippen molar-refractivity contribution in [2.45, 2.75) is 12.6 Å². The Morgan fingerprint density at radius 3 is 2.62 bits per heavy atom. The van der Waals surface area contributed by atoms with Crippen molar-refractivity contribution in [3.8, 4) is 5.75 Å². The molecule has 0 saturated heterocycles. The number of methoxy groups -OCH3 is 1. The van der Waals surface area contributed by atoms with E-state index in [4.69, 9.17) is 15.5 Å². The maximum atomic E-state index is 13.5. The zero-order valence-corrected chi connectivity index (χ0v) is 17.5. The molecule has 160 valence electrons. The van der Waals surface area contributed by atoms with E-state index >= 15 is 0 Å². The topological polar surface area (TPSA) is 97.0 Å². The quantitative estimate of drug-likeness (QED) is 0.627. The molecule has 0 bridgehead atoms. The third kappa shape index (κ3) is 3.28. The Morgan fingerprint density at radius 1 is 1.12 bits per heavy atom. The van der Waals surface area contributed by atoms with Crippen molar-refractivity contribution in [3.63, 3.8) is 0 Å². The molecule has 7 nitrogen and oxygen atoms in total. The van der Waals surface area contributed by atoms with Gasteiger partial charge in [0.1, 0.15) is 5.75 Å². The van der Waals surface area contributed by atoms with Gasteiger partial charge in [0, 0.05) is 23.4 Å². The fourth-order valence-corrected chi connectivity index (χ4v) is 4.26. The molecule has 0 fully saturated rings. The van der Waals surface area contributed by atoms with Gasteiger partial charge in [0.25, 0.3) is 11.8 Å². The fourth-order valence-electron chi connectivity index (χ4n) is 4.26. The molecule has 2 amide bonds. The van der Waals surface area contributed by atoms with Gasteiger partial charge in [-0.2, -0.15) is 0 Å². The highest BCUT2D eigenvalue weighted by Crippen LogP contribution is 2.39. The van der Waals surface area contributed by atoms with E-state index in [1.165, 1.54) is 0 Å². The molecule has 7 heteroatoms. The van der Waals surface area contributed by atoms with Crippen LogP contribution >= 0.6 is 0 Å². The first-order chi connectivity index (χ1) is 15.6. The molecule has 0 radical (unpaired) electrons. The van der Waals surface area contributed by atoms with Crippen molar-refractivity contribution in [2.24, 2.45) is 4.99 Å². The second-order valence-electron chi connectivity index (χ2n) is 7.73. The SMILES string of the molecule is COc1cc2c3c(c1)C(c1ccccc1)=N[C@@H](NC(=O)c1ccccc1N)C(=O)N3CC2. The van der Waals surface area contributed by atoms with Crippen LogP contribution in [0.4, 0.5) is 11.4 Å². The lowest BCUT2D eigenvalue weighted by atomic mass is 9.97. The fraction of sp³-hybridized carbons (Fsp3) is 0.160. The van der Waals surface area contributed by atoms with Crippen LogP contribution in [0.15, 0.2) is 71.7 Å². The molecule has 32 heavy (non-hydrogen) atoms. The third-order valence-corrected chi connectivity index (χ3v) is 5.81. The van der Waals surface area contributed by atoms with Crippen LogP contribution in [0.5, 0.6) is 5.75 Å². The molecule has 2 heterocycles. The predicted molar refractivity (Wildman–Crippen MR) is 123 cm³/mol. The van der Waals surface area contributed by atoms with E-state index in [0.717, 1.165) is 22.4 Å². The molecule has 3 aromatic rings. The molecule has 0 aromatic heterocycles. The van der Waals surface area contributed by atoms with Gasteiger partial charge in [-0.25, -0.2) is 4.99 Å². The summed E-state index contributed by atoms with van der Waals surface area (Å²) in [5.41, 5.74) is 10.8. The summed E-state index contributed by atoms with van der Waals surface area (Å²) in [4.78, 5) is 32.9. The van der Waals surface area contributed by atoms with E-state index in [9.17, 15) is 9.59 Å². The number of amides is 2. The molecule has 2 aliphatic rings. The Balaban J connectivity index is 1.64. The zero-order chi connectivity index (χ0) is 22.2. The Hall–Kier alpha value is -4.13. The van der Waals surface area contributed by atoms with E-state index in [0.29, 0.717) is 35.7 Å². The number of nitrogen functional groups attached to an aromatic ring is 1. The summed E-state index contributed by atoms with van der Waals surface area (Å²) < 4.78 is 5.51. The van der Waals surface area contributed by atoms with Gasteiger partial charge >= 0.3 is 0 Å². The average Bonchev–Trinajstić information content (AvgIpc) is 3.21. The molecule has 0 spiro atoms. The summed E-state index contributed by atoms with van der Waals surface area (Å²) in [6, 6.07) is 20.3. The highest BCUT2D eigenvalue weighted by atomic mass is 16.5. The number of para-hydroxylation sites is 1. The number of nitrogens with one attached hydrogen (secondary N) is 1. The number of nitrogens with zero attached hydrogens (tertiary/aromatic N) is 2. The van der Waals surface area contributed by atoms with Crippen LogP contribution in [-0.2, 0) is 11.2 Å². The van der Waals surface area contributed by atoms with Crippen LogP contribution in [0.2, 0.25) is 0 Å². The first-order valence-electron chi connectivity index (χ1n) is 10.4. The number of benzene rings is 3. The maximum absolute atomic E-state index is 13.5. The number of ether oxygens (including phenoxy) is 1. The summed E-state index contributed by atoms with van der Waals surface area (Å²) >= 11 is 0. The van der Waals surface area contributed by atoms with Gasteiger partial charge in [0.2, 0.25) is 6.17 Å². The number of aliphatic imine (C=N–C) groups is 1. The van der Waals surface area contributed by atoms with Gasteiger partial charge in [-0.3, -0.25) is 9.59 Å².